The first-order chi connectivity index (χ1) is 10.3. The van der Waals surface area contributed by atoms with Gasteiger partial charge in [-0.1, -0.05) is 11.6 Å². The van der Waals surface area contributed by atoms with Gasteiger partial charge in [0.2, 0.25) is 10.0 Å². The topological polar surface area (TPSA) is 57.7 Å². The fourth-order valence-electron chi connectivity index (χ4n) is 2.49. The van der Waals surface area contributed by atoms with Gasteiger partial charge in [-0.05, 0) is 26.0 Å². The van der Waals surface area contributed by atoms with E-state index in [0.717, 1.165) is 5.56 Å². The molecule has 0 saturated carbocycles. The summed E-state index contributed by atoms with van der Waals surface area (Å²) in [6, 6.07) is 4.48. The number of hydrogen-bond donors (Lipinski definition) is 0. The Morgan fingerprint density at radius 1 is 1.23 bits per heavy atom. The van der Waals surface area contributed by atoms with Crippen molar-refractivity contribution in [3.05, 3.63) is 35.1 Å². The molecule has 2 rings (SSSR count). The molecule has 0 spiro atoms. The van der Waals surface area contributed by atoms with Gasteiger partial charge in [-0.2, -0.15) is 4.31 Å². The highest BCUT2D eigenvalue weighted by atomic mass is 32.2. The van der Waals surface area contributed by atoms with Gasteiger partial charge in [0.25, 0.3) is 0 Å². The predicted octanol–water partition coefficient (Wildman–Crippen LogP) is 1.28. The van der Waals surface area contributed by atoms with E-state index in [1.807, 2.05) is 11.8 Å². The molecule has 0 amide bonds. The lowest BCUT2D eigenvalue weighted by Gasteiger charge is -2.33. The zero-order valence-electron chi connectivity index (χ0n) is 12.9. The third-order valence-corrected chi connectivity index (χ3v) is 5.76. The van der Waals surface area contributed by atoms with E-state index >= 15 is 0 Å². The molecule has 7 heteroatoms. The minimum Gasteiger partial charge on any atom is -0.293 e. The Kier molecular flexibility index (Phi) is 5.31. The Bertz CT molecular complexity index is 653. The molecule has 1 heterocycles. The number of carbonyl (C=O) groups excluding carboxylic acids is 1. The second-order valence-corrected chi connectivity index (χ2v) is 7.74. The molecule has 1 aromatic rings. The molecule has 0 N–H and O–H groups in total. The minimum atomic E-state index is -3.18. The van der Waals surface area contributed by atoms with Crippen molar-refractivity contribution in [1.29, 1.82) is 0 Å². The molecule has 0 atom stereocenters. The summed E-state index contributed by atoms with van der Waals surface area (Å²) < 4.78 is 38.7. The van der Waals surface area contributed by atoms with Crippen molar-refractivity contribution in [1.82, 2.24) is 9.21 Å². The third kappa shape index (κ3) is 3.91. The van der Waals surface area contributed by atoms with Crippen molar-refractivity contribution in [2.24, 2.45) is 0 Å². The molecule has 5 nitrogen and oxygen atoms in total. The summed E-state index contributed by atoms with van der Waals surface area (Å²) >= 11 is 0. The SMILES string of the molecule is CCS(=O)(=O)N1CCN(CC(=O)c2cc(C)ccc2F)CC1. The van der Waals surface area contributed by atoms with Crippen LogP contribution in [0, 0.1) is 12.7 Å². The van der Waals surface area contributed by atoms with Crippen molar-refractivity contribution in [2.75, 3.05) is 38.5 Å². The number of sulfonamides is 1. The van der Waals surface area contributed by atoms with E-state index < -0.39 is 15.8 Å². The Balaban J connectivity index is 1.96. The predicted molar refractivity (Wildman–Crippen MR) is 82.9 cm³/mol. The molecule has 1 aliphatic rings. The lowest BCUT2D eigenvalue weighted by molar-refractivity contribution is 0.0897. The van der Waals surface area contributed by atoms with Crippen LogP contribution in [-0.2, 0) is 10.0 Å². The number of carbonyl (C=O) groups is 1. The summed E-state index contributed by atoms with van der Waals surface area (Å²) in [4.78, 5) is 14.1. The quantitative estimate of drug-likeness (QED) is 0.764. The highest BCUT2D eigenvalue weighted by molar-refractivity contribution is 7.89. The Morgan fingerprint density at radius 2 is 1.86 bits per heavy atom. The van der Waals surface area contributed by atoms with E-state index in [4.69, 9.17) is 0 Å². The lowest BCUT2D eigenvalue weighted by atomic mass is 10.1. The highest BCUT2D eigenvalue weighted by Gasteiger charge is 2.26. The van der Waals surface area contributed by atoms with Gasteiger partial charge >= 0.3 is 0 Å². The number of Topliss-reactive ketones (excluding diaryl/α,β-unsaturated/α-hetero) is 1. The molecule has 1 aliphatic heterocycles. The van der Waals surface area contributed by atoms with E-state index in [9.17, 15) is 17.6 Å². The van der Waals surface area contributed by atoms with Gasteiger partial charge in [0, 0.05) is 26.2 Å². The number of nitrogens with zero attached hydrogens (tertiary/aromatic N) is 2. The number of hydrogen-bond acceptors (Lipinski definition) is 4. The number of benzene rings is 1. The monoisotopic (exact) mass is 328 g/mol. The molecule has 0 radical (unpaired) electrons. The van der Waals surface area contributed by atoms with Crippen molar-refractivity contribution >= 4 is 15.8 Å². The van der Waals surface area contributed by atoms with Crippen molar-refractivity contribution in [3.63, 3.8) is 0 Å². The number of ketones is 1. The first-order valence-corrected chi connectivity index (χ1v) is 8.94. The van der Waals surface area contributed by atoms with Crippen molar-refractivity contribution in [2.45, 2.75) is 13.8 Å². The van der Waals surface area contributed by atoms with Crippen LogP contribution in [0.5, 0.6) is 0 Å². The fourth-order valence-corrected chi connectivity index (χ4v) is 3.57. The molecule has 0 aliphatic carbocycles. The van der Waals surface area contributed by atoms with Crippen LogP contribution in [0.2, 0.25) is 0 Å². The molecule has 22 heavy (non-hydrogen) atoms. The molecule has 0 unspecified atom stereocenters. The van der Waals surface area contributed by atoms with E-state index in [1.165, 1.54) is 10.4 Å². The van der Waals surface area contributed by atoms with Crippen LogP contribution >= 0.6 is 0 Å². The summed E-state index contributed by atoms with van der Waals surface area (Å²) in [7, 11) is -3.18. The normalized spacial score (nSPS) is 17.6. The third-order valence-electron chi connectivity index (χ3n) is 3.88. The fraction of sp³-hybridized carbons (Fsp3) is 0.533. The minimum absolute atomic E-state index is 0.0838. The summed E-state index contributed by atoms with van der Waals surface area (Å²) in [5.41, 5.74) is 0.937. The molecule has 0 aromatic heterocycles. The first-order valence-electron chi connectivity index (χ1n) is 7.33. The van der Waals surface area contributed by atoms with Crippen LogP contribution in [0.4, 0.5) is 4.39 Å². The largest absolute Gasteiger partial charge is 0.293 e. The first kappa shape index (κ1) is 17.1. The standard InChI is InChI=1S/C15H21FN2O3S/c1-3-22(20,21)18-8-6-17(7-9-18)11-15(19)13-10-12(2)4-5-14(13)16/h4-5,10H,3,6-9,11H2,1-2H3. The lowest BCUT2D eigenvalue weighted by Crippen LogP contribution is -2.50. The van der Waals surface area contributed by atoms with Gasteiger partial charge in [-0.25, -0.2) is 12.8 Å². The van der Waals surface area contributed by atoms with Gasteiger partial charge in [-0.15, -0.1) is 0 Å². The summed E-state index contributed by atoms with van der Waals surface area (Å²) in [6.45, 7) is 5.26. The zero-order chi connectivity index (χ0) is 16.3. The second-order valence-electron chi connectivity index (χ2n) is 5.48. The van der Waals surface area contributed by atoms with Crippen molar-refractivity contribution in [3.8, 4) is 0 Å². The van der Waals surface area contributed by atoms with Gasteiger partial charge in [0.1, 0.15) is 5.82 Å². The maximum atomic E-state index is 13.7. The van der Waals surface area contributed by atoms with Crippen LogP contribution in [0.1, 0.15) is 22.8 Å². The number of rotatable bonds is 5. The second kappa shape index (κ2) is 6.85. The smallest absolute Gasteiger partial charge is 0.213 e. The maximum absolute atomic E-state index is 13.7. The van der Waals surface area contributed by atoms with Crippen LogP contribution < -0.4 is 0 Å². The number of piperazine rings is 1. The number of aryl methyl sites for hydroxylation is 1. The van der Waals surface area contributed by atoms with Gasteiger partial charge in [0.05, 0.1) is 17.9 Å². The molecule has 0 bridgehead atoms. The Hall–Kier alpha value is -1.31. The van der Waals surface area contributed by atoms with E-state index in [-0.39, 0.29) is 23.6 Å². The van der Waals surface area contributed by atoms with E-state index in [0.29, 0.717) is 26.2 Å². The molecular weight excluding hydrogens is 307 g/mol. The molecular formula is C15H21FN2O3S. The Labute approximate surface area is 130 Å². The van der Waals surface area contributed by atoms with E-state index in [2.05, 4.69) is 0 Å². The summed E-state index contributed by atoms with van der Waals surface area (Å²) in [5, 5.41) is 0. The average Bonchev–Trinajstić information content (AvgIpc) is 2.50. The average molecular weight is 328 g/mol. The van der Waals surface area contributed by atoms with Crippen LogP contribution in [-0.4, -0.2) is 61.9 Å². The van der Waals surface area contributed by atoms with Gasteiger partial charge < -0.3 is 0 Å². The number of halogens is 1. The van der Waals surface area contributed by atoms with Crippen LogP contribution in [0.25, 0.3) is 0 Å². The highest BCUT2D eigenvalue weighted by Crippen LogP contribution is 2.13. The molecule has 122 valence electrons. The Morgan fingerprint density at radius 3 is 2.45 bits per heavy atom. The summed E-state index contributed by atoms with van der Waals surface area (Å²) in [6.07, 6.45) is 0. The van der Waals surface area contributed by atoms with Gasteiger partial charge in [-0.3, -0.25) is 9.69 Å². The molecule has 1 fully saturated rings. The molecule has 1 saturated heterocycles. The zero-order valence-corrected chi connectivity index (χ0v) is 13.7. The van der Waals surface area contributed by atoms with Crippen LogP contribution in [0.15, 0.2) is 18.2 Å². The van der Waals surface area contributed by atoms with Crippen molar-refractivity contribution < 1.29 is 17.6 Å². The molecule has 1 aromatic carbocycles. The van der Waals surface area contributed by atoms with E-state index in [1.54, 1.807) is 19.1 Å². The van der Waals surface area contributed by atoms with Crippen LogP contribution in [0.3, 0.4) is 0 Å². The summed E-state index contributed by atoms with van der Waals surface area (Å²) in [5.74, 6) is -0.698. The maximum Gasteiger partial charge on any atom is 0.213 e. The van der Waals surface area contributed by atoms with Gasteiger partial charge in [0.15, 0.2) is 5.78 Å².